The molecule has 0 radical (unpaired) electrons. The van der Waals surface area contributed by atoms with Crippen molar-refractivity contribution in [3.63, 3.8) is 0 Å². The molecular formula is C14H21NO. The Morgan fingerprint density at radius 2 is 2.06 bits per heavy atom. The van der Waals surface area contributed by atoms with Gasteiger partial charge < -0.3 is 4.74 Å². The van der Waals surface area contributed by atoms with Crippen molar-refractivity contribution in [3.05, 3.63) is 30.3 Å². The second-order valence-electron chi connectivity index (χ2n) is 4.75. The van der Waals surface area contributed by atoms with Crippen LogP contribution in [0.3, 0.4) is 0 Å². The fraction of sp³-hybridized carbons (Fsp3) is 0.571. The maximum Gasteiger partial charge on any atom is 0.119 e. The number of benzene rings is 1. The predicted molar refractivity (Wildman–Crippen MR) is 66.8 cm³/mol. The topological polar surface area (TPSA) is 12.5 Å². The zero-order valence-corrected chi connectivity index (χ0v) is 10.2. The van der Waals surface area contributed by atoms with Gasteiger partial charge in [-0.1, -0.05) is 18.2 Å². The van der Waals surface area contributed by atoms with Crippen LogP contribution in [-0.2, 0) is 0 Å². The van der Waals surface area contributed by atoms with Crippen molar-refractivity contribution in [3.8, 4) is 5.75 Å². The smallest absolute Gasteiger partial charge is 0.119 e. The minimum atomic E-state index is 0.597. The van der Waals surface area contributed by atoms with Crippen LogP contribution >= 0.6 is 0 Å². The van der Waals surface area contributed by atoms with Crippen LogP contribution in [-0.4, -0.2) is 30.1 Å². The fourth-order valence-electron chi connectivity index (χ4n) is 2.43. The second kappa shape index (κ2) is 5.35. The van der Waals surface area contributed by atoms with Gasteiger partial charge in [0.15, 0.2) is 0 Å². The van der Waals surface area contributed by atoms with Gasteiger partial charge >= 0.3 is 0 Å². The van der Waals surface area contributed by atoms with Crippen molar-refractivity contribution >= 4 is 0 Å². The van der Waals surface area contributed by atoms with Gasteiger partial charge in [0.1, 0.15) is 12.4 Å². The number of ether oxygens (including phenoxy) is 1. The molecular weight excluding hydrogens is 198 g/mol. The quantitative estimate of drug-likeness (QED) is 0.772. The van der Waals surface area contributed by atoms with Gasteiger partial charge in [0, 0.05) is 12.1 Å². The van der Waals surface area contributed by atoms with Crippen LogP contribution in [0.1, 0.15) is 26.7 Å². The molecule has 1 saturated heterocycles. The summed E-state index contributed by atoms with van der Waals surface area (Å²) in [5.41, 5.74) is 0. The van der Waals surface area contributed by atoms with Gasteiger partial charge in [-0.15, -0.1) is 0 Å². The summed E-state index contributed by atoms with van der Waals surface area (Å²) in [5, 5.41) is 0. The highest BCUT2D eigenvalue weighted by atomic mass is 16.5. The summed E-state index contributed by atoms with van der Waals surface area (Å²) in [5.74, 6) is 0.984. The molecule has 2 nitrogen and oxygen atoms in total. The second-order valence-corrected chi connectivity index (χ2v) is 4.75. The molecule has 0 amide bonds. The number of rotatable bonds is 4. The highest BCUT2D eigenvalue weighted by molar-refractivity contribution is 5.20. The molecule has 2 rings (SSSR count). The maximum atomic E-state index is 5.83. The van der Waals surface area contributed by atoms with E-state index in [-0.39, 0.29) is 0 Å². The van der Waals surface area contributed by atoms with Gasteiger partial charge in [0.05, 0.1) is 0 Å². The summed E-state index contributed by atoms with van der Waals surface area (Å²) < 4.78 is 5.83. The molecule has 0 bridgehead atoms. The Morgan fingerprint density at radius 1 is 1.31 bits per heavy atom. The Labute approximate surface area is 98.2 Å². The molecule has 1 heterocycles. The highest BCUT2D eigenvalue weighted by Crippen LogP contribution is 2.21. The van der Waals surface area contributed by atoms with Gasteiger partial charge in [-0.3, -0.25) is 4.90 Å². The van der Waals surface area contributed by atoms with Crippen LogP contribution in [0.2, 0.25) is 0 Å². The van der Waals surface area contributed by atoms with Crippen LogP contribution in [0, 0.1) is 0 Å². The average molecular weight is 219 g/mol. The lowest BCUT2D eigenvalue weighted by atomic mass is 10.2. The monoisotopic (exact) mass is 219 g/mol. The van der Waals surface area contributed by atoms with E-state index in [0.717, 1.165) is 12.4 Å². The maximum absolute atomic E-state index is 5.83. The fourth-order valence-corrected chi connectivity index (χ4v) is 2.43. The van der Waals surface area contributed by atoms with Gasteiger partial charge in [-0.2, -0.15) is 0 Å². The lowest BCUT2D eigenvalue weighted by Gasteiger charge is -2.28. The Kier molecular flexibility index (Phi) is 3.83. The van der Waals surface area contributed by atoms with E-state index in [9.17, 15) is 0 Å². The lowest BCUT2D eigenvalue weighted by Crippen LogP contribution is -2.39. The van der Waals surface area contributed by atoms with Crippen molar-refractivity contribution in [2.75, 3.05) is 13.2 Å². The van der Waals surface area contributed by atoms with Crippen molar-refractivity contribution < 1.29 is 4.74 Å². The average Bonchev–Trinajstić information content (AvgIpc) is 2.76. The van der Waals surface area contributed by atoms with Crippen molar-refractivity contribution in [2.24, 2.45) is 0 Å². The molecule has 0 aliphatic carbocycles. The third-order valence-corrected chi connectivity index (χ3v) is 3.27. The summed E-state index contributed by atoms with van der Waals surface area (Å²) >= 11 is 0. The standard InChI is InChI=1S/C14H21NO/c1-12(2)15-10-6-7-13(15)11-16-14-8-4-3-5-9-14/h3-5,8-9,12-13H,6-7,10-11H2,1-2H3. The van der Waals surface area contributed by atoms with Gasteiger partial charge in [-0.25, -0.2) is 0 Å². The van der Waals surface area contributed by atoms with E-state index in [2.05, 4.69) is 18.7 Å². The van der Waals surface area contributed by atoms with Crippen molar-refractivity contribution in [2.45, 2.75) is 38.8 Å². The number of hydrogen-bond acceptors (Lipinski definition) is 2. The number of likely N-dealkylation sites (tertiary alicyclic amines) is 1. The largest absolute Gasteiger partial charge is 0.492 e. The molecule has 1 aromatic carbocycles. The van der Waals surface area contributed by atoms with E-state index in [1.807, 2.05) is 30.3 Å². The third kappa shape index (κ3) is 2.76. The first-order valence-corrected chi connectivity index (χ1v) is 6.21. The van der Waals surface area contributed by atoms with Crippen molar-refractivity contribution in [1.82, 2.24) is 4.90 Å². The molecule has 88 valence electrons. The Hall–Kier alpha value is -1.02. The van der Waals surface area contributed by atoms with Gasteiger partial charge in [-0.05, 0) is 45.4 Å². The van der Waals surface area contributed by atoms with E-state index < -0.39 is 0 Å². The molecule has 0 aromatic heterocycles. The summed E-state index contributed by atoms with van der Waals surface area (Å²) in [7, 11) is 0. The Balaban J connectivity index is 1.86. The molecule has 0 N–H and O–H groups in total. The molecule has 1 aliphatic heterocycles. The van der Waals surface area contributed by atoms with Crippen LogP contribution in [0.5, 0.6) is 5.75 Å². The van der Waals surface area contributed by atoms with E-state index in [1.165, 1.54) is 19.4 Å². The Bertz CT molecular complexity index is 310. The zero-order valence-electron chi connectivity index (χ0n) is 10.2. The summed E-state index contributed by atoms with van der Waals surface area (Å²) in [6.07, 6.45) is 2.58. The summed E-state index contributed by atoms with van der Waals surface area (Å²) in [6, 6.07) is 11.3. The van der Waals surface area contributed by atoms with E-state index in [0.29, 0.717) is 12.1 Å². The zero-order chi connectivity index (χ0) is 11.4. The first-order valence-electron chi connectivity index (χ1n) is 6.21. The van der Waals surface area contributed by atoms with Gasteiger partial charge in [0.25, 0.3) is 0 Å². The number of hydrogen-bond donors (Lipinski definition) is 0. The summed E-state index contributed by atoms with van der Waals surface area (Å²) in [6.45, 7) is 6.57. The van der Waals surface area contributed by atoms with Crippen molar-refractivity contribution in [1.29, 1.82) is 0 Å². The Morgan fingerprint density at radius 3 is 2.75 bits per heavy atom. The SMILES string of the molecule is CC(C)N1CCCC1COc1ccccc1. The van der Waals surface area contributed by atoms with Crippen LogP contribution in [0.15, 0.2) is 30.3 Å². The minimum Gasteiger partial charge on any atom is -0.492 e. The molecule has 0 saturated carbocycles. The van der Waals surface area contributed by atoms with Crippen LogP contribution in [0.25, 0.3) is 0 Å². The molecule has 1 aliphatic rings. The highest BCUT2D eigenvalue weighted by Gasteiger charge is 2.26. The molecule has 0 spiro atoms. The van der Waals surface area contributed by atoms with E-state index >= 15 is 0 Å². The molecule has 1 aromatic rings. The number of para-hydroxylation sites is 1. The van der Waals surface area contributed by atoms with E-state index in [1.54, 1.807) is 0 Å². The molecule has 1 unspecified atom stereocenters. The first-order chi connectivity index (χ1) is 7.77. The van der Waals surface area contributed by atoms with Gasteiger partial charge in [0.2, 0.25) is 0 Å². The van der Waals surface area contributed by atoms with Crippen LogP contribution < -0.4 is 4.74 Å². The summed E-state index contributed by atoms with van der Waals surface area (Å²) in [4.78, 5) is 2.54. The molecule has 2 heteroatoms. The third-order valence-electron chi connectivity index (χ3n) is 3.27. The number of nitrogens with zero attached hydrogens (tertiary/aromatic N) is 1. The molecule has 1 atom stereocenters. The minimum absolute atomic E-state index is 0.597. The van der Waals surface area contributed by atoms with Crippen LogP contribution in [0.4, 0.5) is 0 Å². The lowest BCUT2D eigenvalue weighted by molar-refractivity contribution is 0.144. The van der Waals surface area contributed by atoms with E-state index in [4.69, 9.17) is 4.74 Å². The molecule has 1 fully saturated rings. The molecule has 16 heavy (non-hydrogen) atoms. The first kappa shape index (κ1) is 11.5. The predicted octanol–water partition coefficient (Wildman–Crippen LogP) is 2.94. The normalized spacial score (nSPS) is 21.6.